The maximum Gasteiger partial charge on any atom is 0.337 e. The van der Waals surface area contributed by atoms with Crippen molar-refractivity contribution in [2.45, 2.75) is 12.6 Å². The molecule has 2 aromatic rings. The van der Waals surface area contributed by atoms with Crippen LogP contribution in [-0.2, 0) is 16.1 Å². The average Bonchev–Trinajstić information content (AvgIpc) is 3.03. The van der Waals surface area contributed by atoms with Crippen LogP contribution >= 0.6 is 0 Å². The minimum absolute atomic E-state index is 0.187. The van der Waals surface area contributed by atoms with E-state index in [1.165, 1.54) is 0 Å². The fourth-order valence-electron chi connectivity index (χ4n) is 2.70. The Kier molecular flexibility index (Phi) is 4.59. The molecule has 0 bridgehead atoms. The number of ether oxygens (including phenoxy) is 1. The van der Waals surface area contributed by atoms with E-state index in [4.69, 9.17) is 10.5 Å². The van der Waals surface area contributed by atoms with E-state index in [1.807, 2.05) is 0 Å². The van der Waals surface area contributed by atoms with Crippen LogP contribution in [0.25, 0.3) is 5.69 Å². The molecule has 126 valence electrons. The van der Waals surface area contributed by atoms with E-state index in [2.05, 4.69) is 10.00 Å². The Bertz CT molecular complexity index is 758. The number of morpholine rings is 1. The molecule has 1 aliphatic heterocycles. The van der Waals surface area contributed by atoms with E-state index in [1.54, 1.807) is 41.3 Å². The molecule has 0 aliphatic carbocycles. The lowest BCUT2D eigenvalue weighted by atomic mass is 10.2. The maximum atomic E-state index is 11.3. The summed E-state index contributed by atoms with van der Waals surface area (Å²) < 4.78 is 6.87. The van der Waals surface area contributed by atoms with Gasteiger partial charge in [0.25, 0.3) is 0 Å². The number of amides is 1. The van der Waals surface area contributed by atoms with Crippen molar-refractivity contribution in [3.63, 3.8) is 0 Å². The Morgan fingerprint density at radius 2 is 2.17 bits per heavy atom. The van der Waals surface area contributed by atoms with E-state index in [-0.39, 0.29) is 5.56 Å². The molecule has 8 nitrogen and oxygen atoms in total. The van der Waals surface area contributed by atoms with Crippen LogP contribution in [0.1, 0.15) is 15.9 Å². The van der Waals surface area contributed by atoms with Gasteiger partial charge in [-0.3, -0.25) is 9.69 Å². The van der Waals surface area contributed by atoms with Crippen LogP contribution in [0.4, 0.5) is 0 Å². The number of benzene rings is 1. The fourth-order valence-corrected chi connectivity index (χ4v) is 2.70. The van der Waals surface area contributed by atoms with Crippen molar-refractivity contribution in [3.8, 4) is 5.69 Å². The van der Waals surface area contributed by atoms with Gasteiger partial charge in [0.1, 0.15) is 6.10 Å². The molecule has 3 N–H and O–H groups in total. The lowest BCUT2D eigenvalue weighted by molar-refractivity contribution is -0.135. The number of carbonyl (C=O) groups excluding carboxylic acids is 1. The number of nitrogens with zero attached hydrogens (tertiary/aromatic N) is 3. The van der Waals surface area contributed by atoms with Gasteiger partial charge in [0.05, 0.1) is 24.1 Å². The number of nitrogens with two attached hydrogens (primary N) is 1. The largest absolute Gasteiger partial charge is 0.478 e. The molecule has 1 atom stereocenters. The molecule has 0 radical (unpaired) electrons. The maximum absolute atomic E-state index is 11.3. The lowest BCUT2D eigenvalue weighted by Crippen LogP contribution is -2.47. The van der Waals surface area contributed by atoms with Crippen molar-refractivity contribution in [3.05, 3.63) is 47.8 Å². The molecule has 1 saturated heterocycles. The average molecular weight is 330 g/mol. The van der Waals surface area contributed by atoms with Gasteiger partial charge in [-0.25, -0.2) is 9.48 Å². The Hall–Kier alpha value is -2.71. The van der Waals surface area contributed by atoms with Crippen molar-refractivity contribution in [2.75, 3.05) is 19.7 Å². The van der Waals surface area contributed by atoms with Gasteiger partial charge in [0, 0.05) is 31.4 Å². The first kappa shape index (κ1) is 16.2. The van der Waals surface area contributed by atoms with Crippen LogP contribution < -0.4 is 5.73 Å². The van der Waals surface area contributed by atoms with Crippen LogP contribution in [0.3, 0.4) is 0 Å². The summed E-state index contributed by atoms with van der Waals surface area (Å²) in [4.78, 5) is 24.6. The van der Waals surface area contributed by atoms with Crippen molar-refractivity contribution in [1.29, 1.82) is 0 Å². The highest BCUT2D eigenvalue weighted by Crippen LogP contribution is 2.16. The number of rotatable bonds is 5. The molecule has 8 heteroatoms. The lowest BCUT2D eigenvalue weighted by Gasteiger charge is -2.30. The third-order valence-corrected chi connectivity index (χ3v) is 3.89. The number of para-hydroxylation sites is 1. The van der Waals surface area contributed by atoms with Crippen LogP contribution in [0.2, 0.25) is 0 Å². The molecule has 3 rings (SSSR count). The summed E-state index contributed by atoms with van der Waals surface area (Å²) in [6, 6.07) is 6.69. The smallest absolute Gasteiger partial charge is 0.337 e. The molecule has 1 aromatic heterocycles. The minimum atomic E-state index is -1.000. The number of carboxylic acid groups (broad SMARTS) is 1. The first-order valence-corrected chi connectivity index (χ1v) is 7.54. The van der Waals surface area contributed by atoms with Crippen LogP contribution in [0.15, 0.2) is 36.7 Å². The summed E-state index contributed by atoms with van der Waals surface area (Å²) in [6.07, 6.45) is 2.88. The van der Waals surface area contributed by atoms with E-state index in [9.17, 15) is 14.7 Å². The Morgan fingerprint density at radius 1 is 1.38 bits per heavy atom. The van der Waals surface area contributed by atoms with Crippen molar-refractivity contribution in [1.82, 2.24) is 14.7 Å². The highest BCUT2D eigenvalue weighted by Gasteiger charge is 2.25. The number of aromatic nitrogens is 2. The van der Waals surface area contributed by atoms with Crippen molar-refractivity contribution in [2.24, 2.45) is 5.73 Å². The van der Waals surface area contributed by atoms with Gasteiger partial charge in [-0.2, -0.15) is 5.10 Å². The number of aromatic carboxylic acids is 1. The zero-order chi connectivity index (χ0) is 17.1. The molecule has 24 heavy (non-hydrogen) atoms. The van der Waals surface area contributed by atoms with Gasteiger partial charge in [-0.1, -0.05) is 12.1 Å². The van der Waals surface area contributed by atoms with E-state index in [0.29, 0.717) is 31.9 Å². The Balaban J connectivity index is 1.75. The molecule has 1 amide bonds. The first-order valence-electron chi connectivity index (χ1n) is 7.54. The van der Waals surface area contributed by atoms with Crippen LogP contribution in [-0.4, -0.2) is 57.5 Å². The first-order chi connectivity index (χ1) is 11.5. The van der Waals surface area contributed by atoms with E-state index >= 15 is 0 Å². The summed E-state index contributed by atoms with van der Waals surface area (Å²) in [5.41, 5.74) is 6.90. The zero-order valence-electron chi connectivity index (χ0n) is 13.0. The van der Waals surface area contributed by atoms with Gasteiger partial charge >= 0.3 is 5.97 Å². The second-order valence-corrected chi connectivity index (χ2v) is 5.61. The summed E-state index contributed by atoms with van der Waals surface area (Å²) in [5, 5.41) is 13.5. The topological polar surface area (TPSA) is 111 Å². The van der Waals surface area contributed by atoms with Crippen LogP contribution in [0, 0.1) is 0 Å². The monoisotopic (exact) mass is 330 g/mol. The Labute approximate surface area is 138 Å². The van der Waals surface area contributed by atoms with Gasteiger partial charge in [0.15, 0.2) is 0 Å². The third kappa shape index (κ3) is 3.44. The summed E-state index contributed by atoms with van der Waals surface area (Å²) in [6.45, 7) is 2.17. The molecule has 1 unspecified atom stereocenters. The fraction of sp³-hybridized carbons (Fsp3) is 0.312. The van der Waals surface area contributed by atoms with Crippen molar-refractivity contribution >= 4 is 11.9 Å². The molecular formula is C16H18N4O4. The minimum Gasteiger partial charge on any atom is -0.478 e. The van der Waals surface area contributed by atoms with Gasteiger partial charge in [-0.05, 0) is 12.1 Å². The van der Waals surface area contributed by atoms with E-state index in [0.717, 1.165) is 5.56 Å². The molecule has 1 aliphatic rings. The highest BCUT2D eigenvalue weighted by atomic mass is 16.5. The predicted molar refractivity (Wildman–Crippen MR) is 84.7 cm³/mol. The quantitative estimate of drug-likeness (QED) is 0.813. The molecule has 1 aromatic carbocycles. The number of hydrogen-bond donors (Lipinski definition) is 2. The molecule has 1 fully saturated rings. The third-order valence-electron chi connectivity index (χ3n) is 3.89. The molecule has 0 spiro atoms. The van der Waals surface area contributed by atoms with E-state index < -0.39 is 18.0 Å². The van der Waals surface area contributed by atoms with Gasteiger partial charge < -0.3 is 15.6 Å². The SMILES string of the molecule is NC(=O)C1CN(Cc2cnn(-c3ccccc3C(=O)O)c2)CCO1. The number of carboxylic acids is 1. The van der Waals surface area contributed by atoms with Gasteiger partial charge in [0.2, 0.25) is 5.91 Å². The molecular weight excluding hydrogens is 312 g/mol. The second kappa shape index (κ2) is 6.81. The predicted octanol–water partition coefficient (Wildman–Crippen LogP) is 0.257. The summed E-state index contributed by atoms with van der Waals surface area (Å²) in [5.74, 6) is -1.47. The standard InChI is InChI=1S/C16H18N4O4/c17-15(21)14-10-19(5-6-24-14)8-11-7-18-20(9-11)13-4-2-1-3-12(13)16(22)23/h1-4,7,9,14H,5-6,8,10H2,(H2,17,21)(H,22,23). The molecule has 2 heterocycles. The number of primary amides is 1. The normalized spacial score (nSPS) is 18.4. The van der Waals surface area contributed by atoms with Gasteiger partial charge in [-0.15, -0.1) is 0 Å². The number of carbonyl (C=O) groups is 2. The highest BCUT2D eigenvalue weighted by molar-refractivity contribution is 5.91. The zero-order valence-corrected chi connectivity index (χ0v) is 13.0. The summed E-state index contributed by atoms with van der Waals surface area (Å²) >= 11 is 0. The number of hydrogen-bond acceptors (Lipinski definition) is 5. The molecule has 0 saturated carbocycles. The summed E-state index contributed by atoms with van der Waals surface area (Å²) in [7, 11) is 0. The Morgan fingerprint density at radius 3 is 2.92 bits per heavy atom. The van der Waals surface area contributed by atoms with Crippen molar-refractivity contribution < 1.29 is 19.4 Å². The van der Waals surface area contributed by atoms with Crippen LogP contribution in [0.5, 0.6) is 0 Å². The second-order valence-electron chi connectivity index (χ2n) is 5.61.